The fourth-order valence-electron chi connectivity index (χ4n) is 1.95. The maximum Gasteiger partial charge on any atom is 0.322 e. The molecule has 0 aliphatic rings. The van der Waals surface area contributed by atoms with Gasteiger partial charge < -0.3 is 14.8 Å². The van der Waals surface area contributed by atoms with Crippen molar-refractivity contribution in [1.82, 2.24) is 15.0 Å². The monoisotopic (exact) mass is 322 g/mol. The summed E-state index contributed by atoms with van der Waals surface area (Å²) in [4.78, 5) is 24.4. The van der Waals surface area contributed by atoms with Gasteiger partial charge in [0.25, 0.3) is 5.91 Å². The fraction of sp³-hybridized carbons (Fsp3) is 0.0588. The Labute approximate surface area is 138 Å². The maximum absolute atomic E-state index is 12.3. The molecule has 0 aliphatic carbocycles. The van der Waals surface area contributed by atoms with Crippen LogP contribution in [0.1, 0.15) is 10.4 Å². The van der Waals surface area contributed by atoms with Crippen molar-refractivity contribution in [2.45, 2.75) is 0 Å². The molecular formula is C17H14N4O3. The van der Waals surface area contributed by atoms with E-state index in [1.807, 2.05) is 18.2 Å². The van der Waals surface area contributed by atoms with Crippen molar-refractivity contribution in [2.24, 2.45) is 0 Å². The second-order valence-corrected chi connectivity index (χ2v) is 4.68. The predicted octanol–water partition coefficient (Wildman–Crippen LogP) is 2.92. The lowest BCUT2D eigenvalue weighted by Gasteiger charge is -2.08. The zero-order valence-corrected chi connectivity index (χ0v) is 12.8. The number of benzene rings is 1. The maximum atomic E-state index is 12.3. The van der Waals surface area contributed by atoms with Gasteiger partial charge in [0, 0.05) is 6.20 Å². The second-order valence-electron chi connectivity index (χ2n) is 4.68. The van der Waals surface area contributed by atoms with Crippen LogP contribution in [-0.4, -0.2) is 28.0 Å². The van der Waals surface area contributed by atoms with Gasteiger partial charge in [-0.05, 0) is 24.3 Å². The summed E-state index contributed by atoms with van der Waals surface area (Å²) in [5, 5.41) is 2.68. The van der Waals surface area contributed by atoms with Crippen LogP contribution in [0.15, 0.2) is 61.1 Å². The summed E-state index contributed by atoms with van der Waals surface area (Å²) in [7, 11) is 1.46. The first-order valence-electron chi connectivity index (χ1n) is 7.11. The molecule has 0 spiro atoms. The summed E-state index contributed by atoms with van der Waals surface area (Å²) in [6.07, 6.45) is 4.48. The third kappa shape index (κ3) is 3.64. The molecule has 0 radical (unpaired) electrons. The Kier molecular flexibility index (Phi) is 4.62. The van der Waals surface area contributed by atoms with Crippen molar-refractivity contribution >= 4 is 11.6 Å². The van der Waals surface area contributed by atoms with Crippen LogP contribution in [0, 0.1) is 0 Å². The second kappa shape index (κ2) is 7.19. The summed E-state index contributed by atoms with van der Waals surface area (Å²) in [5.41, 5.74) is 0.760. The van der Waals surface area contributed by atoms with Crippen LogP contribution in [0.4, 0.5) is 5.69 Å². The molecule has 3 aromatic rings. The number of nitrogens with one attached hydrogen (secondary N) is 1. The summed E-state index contributed by atoms with van der Waals surface area (Å²) in [6.45, 7) is 0. The molecule has 3 rings (SSSR count). The number of carbonyl (C=O) groups excluding carboxylic acids is 1. The van der Waals surface area contributed by atoms with Crippen molar-refractivity contribution < 1.29 is 14.3 Å². The van der Waals surface area contributed by atoms with E-state index in [2.05, 4.69) is 20.3 Å². The molecule has 0 fully saturated rings. The third-order valence-electron chi connectivity index (χ3n) is 3.05. The molecule has 2 heterocycles. The number of hydrogen-bond donors (Lipinski definition) is 1. The number of aromatic nitrogens is 3. The van der Waals surface area contributed by atoms with E-state index in [4.69, 9.17) is 9.47 Å². The van der Waals surface area contributed by atoms with Gasteiger partial charge in [0.15, 0.2) is 0 Å². The minimum atomic E-state index is -0.361. The summed E-state index contributed by atoms with van der Waals surface area (Å²) in [6, 6.07) is 12.7. The van der Waals surface area contributed by atoms with Crippen molar-refractivity contribution in [2.75, 3.05) is 12.4 Å². The highest BCUT2D eigenvalue weighted by Crippen LogP contribution is 2.19. The molecule has 2 aromatic heterocycles. The highest BCUT2D eigenvalue weighted by molar-refractivity contribution is 6.05. The number of amides is 1. The number of ether oxygens (including phenoxy) is 2. The number of hydrogen-bond acceptors (Lipinski definition) is 6. The lowest BCUT2D eigenvalue weighted by molar-refractivity contribution is 0.102. The van der Waals surface area contributed by atoms with Crippen molar-refractivity contribution in [3.8, 4) is 17.6 Å². The van der Waals surface area contributed by atoms with E-state index in [1.54, 1.807) is 30.5 Å². The summed E-state index contributed by atoms with van der Waals surface area (Å²) in [5.74, 6) is 0.523. The van der Waals surface area contributed by atoms with Gasteiger partial charge in [-0.15, -0.1) is 0 Å². The zero-order valence-electron chi connectivity index (χ0n) is 12.8. The molecule has 0 unspecified atom stereocenters. The highest BCUT2D eigenvalue weighted by atomic mass is 16.5. The zero-order chi connectivity index (χ0) is 16.8. The Balaban J connectivity index is 1.69. The molecule has 120 valence electrons. The van der Waals surface area contributed by atoms with Crippen molar-refractivity contribution in [3.63, 3.8) is 0 Å². The Morgan fingerprint density at radius 2 is 1.75 bits per heavy atom. The SMILES string of the molecule is COc1ncccc1C(=O)Nc1cnc(Oc2ccccc2)nc1. The predicted molar refractivity (Wildman–Crippen MR) is 87.3 cm³/mol. The van der Waals surface area contributed by atoms with Crippen LogP contribution in [0.3, 0.4) is 0 Å². The number of pyridine rings is 1. The van der Waals surface area contributed by atoms with Crippen LogP contribution in [-0.2, 0) is 0 Å². The van der Waals surface area contributed by atoms with Gasteiger partial charge in [0.1, 0.15) is 11.3 Å². The smallest absolute Gasteiger partial charge is 0.322 e. The molecule has 0 saturated carbocycles. The van der Waals surface area contributed by atoms with Crippen LogP contribution in [0.25, 0.3) is 0 Å². The average Bonchev–Trinajstić information content (AvgIpc) is 2.64. The average molecular weight is 322 g/mol. The number of carbonyl (C=O) groups is 1. The van der Waals surface area contributed by atoms with Gasteiger partial charge in [-0.3, -0.25) is 4.79 Å². The summed E-state index contributed by atoms with van der Waals surface area (Å²) >= 11 is 0. The van der Waals surface area contributed by atoms with Crippen LogP contribution >= 0.6 is 0 Å². The Bertz CT molecular complexity index is 823. The van der Waals surface area contributed by atoms with Gasteiger partial charge in [0.05, 0.1) is 25.2 Å². The number of anilines is 1. The van der Waals surface area contributed by atoms with E-state index in [0.29, 0.717) is 17.0 Å². The third-order valence-corrected chi connectivity index (χ3v) is 3.05. The molecule has 0 aliphatic heterocycles. The van der Waals surface area contributed by atoms with Gasteiger partial charge in [-0.2, -0.15) is 0 Å². The van der Waals surface area contributed by atoms with Crippen molar-refractivity contribution in [3.05, 3.63) is 66.6 Å². The standard InChI is InChI=1S/C17H14N4O3/c1-23-16-14(8-5-9-18-16)15(22)21-12-10-19-17(20-11-12)24-13-6-3-2-4-7-13/h2-11H,1H3,(H,21,22). The largest absolute Gasteiger partial charge is 0.480 e. The number of methoxy groups -OCH3 is 1. The lowest BCUT2D eigenvalue weighted by atomic mass is 10.2. The molecule has 1 amide bonds. The number of rotatable bonds is 5. The topological polar surface area (TPSA) is 86.2 Å². The molecule has 0 saturated heterocycles. The normalized spacial score (nSPS) is 10.0. The molecular weight excluding hydrogens is 308 g/mol. The highest BCUT2D eigenvalue weighted by Gasteiger charge is 2.13. The molecule has 0 bridgehead atoms. The molecule has 0 atom stereocenters. The van der Waals surface area contributed by atoms with E-state index in [1.165, 1.54) is 19.5 Å². The Hall–Kier alpha value is -3.48. The summed E-state index contributed by atoms with van der Waals surface area (Å²) < 4.78 is 10.6. The van der Waals surface area contributed by atoms with Crippen LogP contribution in [0.2, 0.25) is 0 Å². The van der Waals surface area contributed by atoms with Gasteiger partial charge in [0.2, 0.25) is 5.88 Å². The van der Waals surface area contributed by atoms with Gasteiger partial charge in [-0.25, -0.2) is 15.0 Å². The van der Waals surface area contributed by atoms with E-state index >= 15 is 0 Å². The van der Waals surface area contributed by atoms with E-state index in [0.717, 1.165) is 0 Å². The van der Waals surface area contributed by atoms with E-state index in [-0.39, 0.29) is 17.8 Å². The van der Waals surface area contributed by atoms with Gasteiger partial charge in [-0.1, -0.05) is 18.2 Å². The molecule has 7 nitrogen and oxygen atoms in total. The van der Waals surface area contributed by atoms with E-state index in [9.17, 15) is 4.79 Å². The minimum Gasteiger partial charge on any atom is -0.480 e. The van der Waals surface area contributed by atoms with E-state index < -0.39 is 0 Å². The van der Waals surface area contributed by atoms with Crippen LogP contribution in [0.5, 0.6) is 17.6 Å². The molecule has 1 aromatic carbocycles. The quantitative estimate of drug-likeness (QED) is 0.777. The Morgan fingerprint density at radius 3 is 2.46 bits per heavy atom. The van der Waals surface area contributed by atoms with Crippen LogP contribution < -0.4 is 14.8 Å². The minimum absolute atomic E-state index is 0.193. The molecule has 24 heavy (non-hydrogen) atoms. The molecule has 7 heteroatoms. The first kappa shape index (κ1) is 15.4. The number of para-hydroxylation sites is 1. The molecule has 1 N–H and O–H groups in total. The van der Waals surface area contributed by atoms with Gasteiger partial charge >= 0.3 is 6.01 Å². The fourth-order valence-corrected chi connectivity index (χ4v) is 1.95. The lowest BCUT2D eigenvalue weighted by Crippen LogP contribution is -2.14. The first-order chi connectivity index (χ1) is 11.8. The first-order valence-corrected chi connectivity index (χ1v) is 7.11. The van der Waals surface area contributed by atoms with Crippen molar-refractivity contribution in [1.29, 1.82) is 0 Å². The number of nitrogens with zero attached hydrogens (tertiary/aromatic N) is 3. The Morgan fingerprint density at radius 1 is 1.00 bits per heavy atom.